The monoisotopic (exact) mass is 240 g/mol. The van der Waals surface area contributed by atoms with Gasteiger partial charge in [0.15, 0.2) is 0 Å². The zero-order chi connectivity index (χ0) is 13.1. The number of methoxy groups -OCH3 is 2. The fourth-order valence-electron chi connectivity index (χ4n) is 1.62. The van der Waals surface area contributed by atoms with Gasteiger partial charge >= 0.3 is 5.97 Å². The standard InChI is InChI=1S/C12H16O5/c1-12(15,7-11(13)14)9-6-8(16-2)4-5-10(9)17-3/h4-6,15H,7H2,1-3H3,(H,13,14). The molecule has 1 aromatic carbocycles. The molecule has 0 heterocycles. The van der Waals surface area contributed by atoms with Crippen molar-refractivity contribution in [1.29, 1.82) is 0 Å². The van der Waals surface area contributed by atoms with Gasteiger partial charge in [-0.2, -0.15) is 0 Å². The van der Waals surface area contributed by atoms with Gasteiger partial charge in [0.25, 0.3) is 0 Å². The first kappa shape index (κ1) is 13.3. The van der Waals surface area contributed by atoms with Crippen molar-refractivity contribution in [2.45, 2.75) is 18.9 Å². The number of carboxylic acids is 1. The second-order valence-corrected chi connectivity index (χ2v) is 3.91. The summed E-state index contributed by atoms with van der Waals surface area (Å²) in [5.41, 5.74) is -1.12. The molecular weight excluding hydrogens is 224 g/mol. The summed E-state index contributed by atoms with van der Waals surface area (Å²) in [6.07, 6.45) is -0.406. The number of rotatable bonds is 5. The van der Waals surface area contributed by atoms with Crippen molar-refractivity contribution < 1.29 is 24.5 Å². The number of aliphatic carboxylic acids is 1. The van der Waals surface area contributed by atoms with Crippen LogP contribution in [0.5, 0.6) is 11.5 Å². The summed E-state index contributed by atoms with van der Waals surface area (Å²) >= 11 is 0. The normalized spacial score (nSPS) is 13.9. The van der Waals surface area contributed by atoms with E-state index in [1.807, 2.05) is 0 Å². The van der Waals surface area contributed by atoms with Gasteiger partial charge in [-0.25, -0.2) is 0 Å². The van der Waals surface area contributed by atoms with E-state index in [0.717, 1.165) is 0 Å². The Labute approximate surface area is 99.6 Å². The Balaban J connectivity index is 3.21. The minimum absolute atomic E-state index is 0.391. The van der Waals surface area contributed by atoms with Gasteiger partial charge < -0.3 is 19.7 Å². The number of carbonyl (C=O) groups is 1. The van der Waals surface area contributed by atoms with Crippen molar-refractivity contribution in [3.05, 3.63) is 23.8 Å². The lowest BCUT2D eigenvalue weighted by Crippen LogP contribution is -2.25. The SMILES string of the molecule is COc1ccc(OC)c(C(C)(O)CC(=O)O)c1. The van der Waals surface area contributed by atoms with Crippen LogP contribution < -0.4 is 9.47 Å². The van der Waals surface area contributed by atoms with E-state index in [1.165, 1.54) is 21.1 Å². The molecular formula is C12H16O5. The first-order chi connectivity index (χ1) is 7.90. The van der Waals surface area contributed by atoms with Gasteiger partial charge in [0.05, 0.1) is 20.6 Å². The summed E-state index contributed by atoms with van der Waals surface area (Å²) in [4.78, 5) is 10.7. The lowest BCUT2D eigenvalue weighted by atomic mass is 9.91. The Morgan fingerprint density at radius 2 is 2.00 bits per heavy atom. The highest BCUT2D eigenvalue weighted by molar-refractivity contribution is 5.69. The van der Waals surface area contributed by atoms with E-state index < -0.39 is 18.0 Å². The maximum atomic E-state index is 10.7. The molecule has 0 saturated heterocycles. The minimum Gasteiger partial charge on any atom is -0.497 e. The molecule has 5 nitrogen and oxygen atoms in total. The number of hydrogen-bond acceptors (Lipinski definition) is 4. The molecule has 0 saturated carbocycles. The predicted molar refractivity (Wildman–Crippen MR) is 61.4 cm³/mol. The van der Waals surface area contributed by atoms with Crippen LogP contribution >= 0.6 is 0 Å². The summed E-state index contributed by atoms with van der Waals surface area (Å²) in [5, 5.41) is 18.9. The summed E-state index contributed by atoms with van der Waals surface area (Å²) in [7, 11) is 2.96. The minimum atomic E-state index is -1.51. The van der Waals surface area contributed by atoms with Crippen molar-refractivity contribution in [3.8, 4) is 11.5 Å². The molecule has 1 atom stereocenters. The molecule has 1 rings (SSSR count). The van der Waals surface area contributed by atoms with Crippen LogP contribution in [0.3, 0.4) is 0 Å². The van der Waals surface area contributed by atoms with Crippen molar-refractivity contribution in [2.24, 2.45) is 0 Å². The van der Waals surface area contributed by atoms with Gasteiger partial charge in [0, 0.05) is 5.56 Å². The summed E-state index contributed by atoms with van der Waals surface area (Å²) in [6.45, 7) is 1.43. The van der Waals surface area contributed by atoms with Crippen LogP contribution in [0.15, 0.2) is 18.2 Å². The number of ether oxygens (including phenoxy) is 2. The van der Waals surface area contributed by atoms with Crippen molar-refractivity contribution in [1.82, 2.24) is 0 Å². The smallest absolute Gasteiger partial charge is 0.306 e. The number of aliphatic hydroxyl groups is 1. The largest absolute Gasteiger partial charge is 0.497 e. The maximum absolute atomic E-state index is 10.7. The summed E-state index contributed by atoms with van der Waals surface area (Å²) in [6, 6.07) is 4.88. The maximum Gasteiger partial charge on any atom is 0.306 e. The van der Waals surface area contributed by atoms with Crippen molar-refractivity contribution in [2.75, 3.05) is 14.2 Å². The Morgan fingerprint density at radius 3 is 2.47 bits per heavy atom. The van der Waals surface area contributed by atoms with Crippen LogP contribution in [-0.4, -0.2) is 30.4 Å². The van der Waals surface area contributed by atoms with Crippen LogP contribution in [0.4, 0.5) is 0 Å². The molecule has 0 radical (unpaired) electrons. The van der Waals surface area contributed by atoms with Gasteiger partial charge in [-0.1, -0.05) is 0 Å². The van der Waals surface area contributed by atoms with Crippen LogP contribution in [-0.2, 0) is 10.4 Å². The van der Waals surface area contributed by atoms with E-state index in [1.54, 1.807) is 18.2 Å². The highest BCUT2D eigenvalue weighted by Crippen LogP contribution is 2.35. The zero-order valence-electron chi connectivity index (χ0n) is 10.1. The van der Waals surface area contributed by atoms with Gasteiger partial charge in [-0.3, -0.25) is 4.79 Å². The second kappa shape index (κ2) is 5.05. The van der Waals surface area contributed by atoms with E-state index in [-0.39, 0.29) is 0 Å². The van der Waals surface area contributed by atoms with Gasteiger partial charge in [-0.05, 0) is 25.1 Å². The predicted octanol–water partition coefficient (Wildman–Crippen LogP) is 1.39. The van der Waals surface area contributed by atoms with E-state index in [0.29, 0.717) is 17.1 Å². The van der Waals surface area contributed by atoms with Crippen LogP contribution in [0.25, 0.3) is 0 Å². The second-order valence-electron chi connectivity index (χ2n) is 3.91. The van der Waals surface area contributed by atoms with E-state index in [4.69, 9.17) is 14.6 Å². The van der Waals surface area contributed by atoms with Gasteiger partial charge in [0.1, 0.15) is 17.1 Å². The summed E-state index contributed by atoms with van der Waals surface area (Å²) < 4.78 is 10.1. The molecule has 1 aromatic rings. The van der Waals surface area contributed by atoms with E-state index in [2.05, 4.69) is 0 Å². The molecule has 1 unspecified atom stereocenters. The lowest BCUT2D eigenvalue weighted by molar-refractivity contribution is -0.142. The molecule has 17 heavy (non-hydrogen) atoms. The topological polar surface area (TPSA) is 76.0 Å². The fourth-order valence-corrected chi connectivity index (χ4v) is 1.62. The first-order valence-electron chi connectivity index (χ1n) is 5.07. The molecule has 0 aliphatic carbocycles. The Bertz CT molecular complexity index is 411. The molecule has 0 bridgehead atoms. The van der Waals surface area contributed by atoms with Crippen LogP contribution in [0, 0.1) is 0 Å². The van der Waals surface area contributed by atoms with E-state index >= 15 is 0 Å². The third-order valence-electron chi connectivity index (χ3n) is 2.48. The molecule has 2 N–H and O–H groups in total. The number of hydrogen-bond donors (Lipinski definition) is 2. The first-order valence-corrected chi connectivity index (χ1v) is 5.07. The molecule has 5 heteroatoms. The quantitative estimate of drug-likeness (QED) is 0.813. The Hall–Kier alpha value is -1.75. The molecule has 0 fully saturated rings. The lowest BCUT2D eigenvalue weighted by Gasteiger charge is -2.24. The van der Waals surface area contributed by atoms with Gasteiger partial charge in [-0.15, -0.1) is 0 Å². The van der Waals surface area contributed by atoms with Crippen molar-refractivity contribution in [3.63, 3.8) is 0 Å². The number of carboxylic acid groups (broad SMARTS) is 1. The van der Waals surface area contributed by atoms with Crippen LogP contribution in [0.2, 0.25) is 0 Å². The highest BCUT2D eigenvalue weighted by atomic mass is 16.5. The summed E-state index contributed by atoms with van der Waals surface area (Å²) in [5.74, 6) is -0.122. The fraction of sp³-hybridized carbons (Fsp3) is 0.417. The third-order valence-corrected chi connectivity index (χ3v) is 2.48. The average Bonchev–Trinajstić information content (AvgIpc) is 2.26. The molecule has 94 valence electrons. The molecule has 0 amide bonds. The molecule has 0 aliphatic heterocycles. The molecule has 0 aromatic heterocycles. The van der Waals surface area contributed by atoms with Crippen molar-refractivity contribution >= 4 is 5.97 Å². The number of benzene rings is 1. The Morgan fingerprint density at radius 1 is 1.35 bits per heavy atom. The average molecular weight is 240 g/mol. The zero-order valence-corrected chi connectivity index (χ0v) is 10.1. The van der Waals surface area contributed by atoms with E-state index in [9.17, 15) is 9.90 Å². The van der Waals surface area contributed by atoms with Gasteiger partial charge in [0.2, 0.25) is 0 Å². The third kappa shape index (κ3) is 3.10. The molecule has 0 spiro atoms. The Kier molecular flexibility index (Phi) is 3.96. The van der Waals surface area contributed by atoms with Crippen LogP contribution in [0.1, 0.15) is 18.9 Å². The molecule has 0 aliphatic rings. The highest BCUT2D eigenvalue weighted by Gasteiger charge is 2.30.